The molecule has 1 amide bonds. The molecule has 4 aromatic rings. The molecular formula is C28H31N3O5S3. The highest BCUT2D eigenvalue weighted by Gasteiger charge is 2.25. The number of sulfonamides is 1. The summed E-state index contributed by atoms with van der Waals surface area (Å²) in [6, 6.07) is 20.1. The fourth-order valence-electron chi connectivity index (χ4n) is 4.09. The molecule has 4 rings (SSSR count). The van der Waals surface area contributed by atoms with Crippen LogP contribution < -0.4 is 4.90 Å². The van der Waals surface area contributed by atoms with E-state index in [0.29, 0.717) is 34.0 Å². The number of rotatable bonds is 11. The molecule has 0 fully saturated rings. The second-order valence-corrected chi connectivity index (χ2v) is 14.1. The third-order valence-electron chi connectivity index (χ3n) is 6.29. The van der Waals surface area contributed by atoms with E-state index in [2.05, 4.69) is 4.98 Å². The van der Waals surface area contributed by atoms with Crippen molar-refractivity contribution in [1.82, 2.24) is 9.29 Å². The first kappa shape index (κ1) is 28.9. The van der Waals surface area contributed by atoms with Gasteiger partial charge in [0.1, 0.15) is 0 Å². The van der Waals surface area contributed by atoms with Crippen molar-refractivity contribution in [2.75, 3.05) is 24.2 Å². The van der Waals surface area contributed by atoms with Gasteiger partial charge in [0.25, 0.3) is 5.91 Å². The van der Waals surface area contributed by atoms with Gasteiger partial charge in [0, 0.05) is 24.9 Å². The van der Waals surface area contributed by atoms with Gasteiger partial charge in [0.05, 0.1) is 26.6 Å². The number of carbonyl (C=O) groups excluding carboxylic acids is 1. The smallest absolute Gasteiger partial charge is 0.260 e. The molecule has 0 N–H and O–H groups in total. The van der Waals surface area contributed by atoms with Crippen molar-refractivity contribution in [2.24, 2.45) is 0 Å². The first-order valence-corrected chi connectivity index (χ1v) is 16.8. The summed E-state index contributed by atoms with van der Waals surface area (Å²) in [5.74, 6) is -0.344. The average molecular weight is 586 g/mol. The van der Waals surface area contributed by atoms with Crippen molar-refractivity contribution in [3.63, 3.8) is 0 Å². The van der Waals surface area contributed by atoms with E-state index >= 15 is 0 Å². The third kappa shape index (κ3) is 6.55. The summed E-state index contributed by atoms with van der Waals surface area (Å²) in [6.45, 7) is 4.87. The average Bonchev–Trinajstić information content (AvgIpc) is 3.35. The number of benzene rings is 3. The number of nitrogens with zero attached hydrogens (tertiary/aromatic N) is 3. The highest BCUT2D eigenvalue weighted by atomic mass is 32.2. The van der Waals surface area contributed by atoms with E-state index < -0.39 is 19.9 Å². The minimum Gasteiger partial charge on any atom is -0.279 e. The van der Waals surface area contributed by atoms with Gasteiger partial charge in [-0.05, 0) is 54.4 Å². The van der Waals surface area contributed by atoms with Crippen molar-refractivity contribution in [1.29, 1.82) is 0 Å². The van der Waals surface area contributed by atoms with E-state index in [1.54, 1.807) is 12.1 Å². The number of hydrogen-bond donors (Lipinski definition) is 0. The van der Waals surface area contributed by atoms with Crippen LogP contribution in [0.2, 0.25) is 0 Å². The van der Waals surface area contributed by atoms with Crippen LogP contribution in [0.5, 0.6) is 0 Å². The van der Waals surface area contributed by atoms with Crippen LogP contribution in [0, 0.1) is 0 Å². The minimum atomic E-state index is -3.67. The zero-order valence-corrected chi connectivity index (χ0v) is 24.5. The number of amides is 1. The lowest BCUT2D eigenvalue weighted by Crippen LogP contribution is -2.32. The summed E-state index contributed by atoms with van der Waals surface area (Å²) in [7, 11) is -7.07. The zero-order chi connectivity index (χ0) is 28.2. The maximum absolute atomic E-state index is 13.8. The van der Waals surface area contributed by atoms with E-state index in [-0.39, 0.29) is 22.2 Å². The number of fused-ring (bicyclic) bond motifs is 1. The van der Waals surface area contributed by atoms with Crippen molar-refractivity contribution in [3.8, 4) is 0 Å². The fraction of sp³-hybridized carbons (Fsp3) is 0.286. The Morgan fingerprint density at radius 1 is 0.897 bits per heavy atom. The standard InChI is InChI=1S/C28H31N3O5S3/c1-4-6-18-30(5-2)39(35,36)23-14-12-22(13-15-23)27(32)31(20-21-10-8-7-9-11-21)28-29-25-17-16-24(38(3,33)34)19-26(25)37-28/h7-17,19H,4-6,18,20H2,1-3H3. The molecule has 206 valence electrons. The number of aromatic nitrogens is 1. The molecule has 0 saturated heterocycles. The Balaban J connectivity index is 1.69. The molecule has 0 spiro atoms. The van der Waals surface area contributed by atoms with Gasteiger partial charge in [-0.2, -0.15) is 4.31 Å². The van der Waals surface area contributed by atoms with Crippen LogP contribution in [0.3, 0.4) is 0 Å². The lowest BCUT2D eigenvalue weighted by Gasteiger charge is -2.22. The highest BCUT2D eigenvalue weighted by molar-refractivity contribution is 7.90. The Labute approximate surface area is 233 Å². The molecule has 1 heterocycles. The monoisotopic (exact) mass is 585 g/mol. The topological polar surface area (TPSA) is 105 Å². The highest BCUT2D eigenvalue weighted by Crippen LogP contribution is 2.32. The molecule has 1 aromatic heterocycles. The maximum Gasteiger partial charge on any atom is 0.260 e. The summed E-state index contributed by atoms with van der Waals surface area (Å²) < 4.78 is 52.4. The number of thiazole rings is 1. The Kier molecular flexibility index (Phi) is 8.85. The summed E-state index contributed by atoms with van der Waals surface area (Å²) in [6.07, 6.45) is 2.80. The van der Waals surface area contributed by atoms with Gasteiger partial charge in [-0.15, -0.1) is 0 Å². The van der Waals surface area contributed by atoms with E-state index in [4.69, 9.17) is 0 Å². The summed E-state index contributed by atoms with van der Waals surface area (Å²) >= 11 is 1.23. The van der Waals surface area contributed by atoms with Crippen LogP contribution in [0.15, 0.2) is 82.6 Å². The van der Waals surface area contributed by atoms with E-state index in [9.17, 15) is 21.6 Å². The van der Waals surface area contributed by atoms with Crippen LogP contribution in [-0.2, 0) is 26.4 Å². The number of hydrogen-bond acceptors (Lipinski definition) is 7. The van der Waals surface area contributed by atoms with Gasteiger partial charge in [-0.25, -0.2) is 21.8 Å². The Morgan fingerprint density at radius 2 is 1.56 bits per heavy atom. The van der Waals surface area contributed by atoms with Gasteiger partial charge < -0.3 is 0 Å². The second kappa shape index (κ2) is 12.0. The van der Waals surface area contributed by atoms with Gasteiger partial charge >= 0.3 is 0 Å². The summed E-state index contributed by atoms with van der Waals surface area (Å²) in [5, 5.41) is 0.415. The van der Waals surface area contributed by atoms with Crippen LogP contribution in [-0.4, -0.2) is 51.4 Å². The molecule has 0 aliphatic rings. The largest absolute Gasteiger partial charge is 0.279 e. The molecule has 0 unspecified atom stereocenters. The molecule has 0 bridgehead atoms. The molecule has 0 aliphatic carbocycles. The number of unbranched alkanes of at least 4 members (excludes halogenated alkanes) is 1. The molecule has 3 aromatic carbocycles. The quantitative estimate of drug-likeness (QED) is 0.235. The number of carbonyl (C=O) groups is 1. The van der Waals surface area contributed by atoms with E-state index in [1.807, 2.05) is 44.2 Å². The van der Waals surface area contributed by atoms with Crippen molar-refractivity contribution in [3.05, 3.63) is 83.9 Å². The Hall–Kier alpha value is -3.12. The van der Waals surface area contributed by atoms with Crippen LogP contribution in [0.4, 0.5) is 5.13 Å². The van der Waals surface area contributed by atoms with E-state index in [0.717, 1.165) is 24.7 Å². The normalized spacial score (nSPS) is 12.2. The maximum atomic E-state index is 13.8. The molecule has 39 heavy (non-hydrogen) atoms. The van der Waals surface area contributed by atoms with E-state index in [1.165, 1.54) is 50.9 Å². The first-order chi connectivity index (χ1) is 18.5. The summed E-state index contributed by atoms with van der Waals surface area (Å²) in [4.78, 5) is 20.3. The predicted octanol–water partition coefficient (Wildman–Crippen LogP) is 5.36. The van der Waals surface area contributed by atoms with Crippen LogP contribution in [0.1, 0.15) is 42.6 Å². The molecule has 0 radical (unpaired) electrons. The molecular weight excluding hydrogens is 555 g/mol. The third-order valence-corrected chi connectivity index (χ3v) is 10.4. The molecule has 11 heteroatoms. The molecule has 0 aliphatic heterocycles. The SMILES string of the molecule is CCCCN(CC)S(=O)(=O)c1ccc(C(=O)N(Cc2ccccc2)c2nc3ccc(S(C)(=O)=O)cc3s2)cc1. The van der Waals surface area contributed by atoms with Crippen molar-refractivity contribution >= 4 is 52.5 Å². The van der Waals surface area contributed by atoms with Crippen molar-refractivity contribution in [2.45, 2.75) is 43.0 Å². The molecule has 0 atom stereocenters. The first-order valence-electron chi connectivity index (χ1n) is 12.6. The van der Waals surface area contributed by atoms with Gasteiger partial charge in [-0.3, -0.25) is 9.69 Å². The molecule has 8 nitrogen and oxygen atoms in total. The number of sulfone groups is 1. The van der Waals surface area contributed by atoms with Gasteiger partial charge in [0.15, 0.2) is 15.0 Å². The van der Waals surface area contributed by atoms with Gasteiger partial charge in [-0.1, -0.05) is 61.9 Å². The minimum absolute atomic E-state index is 0.139. The second-order valence-electron chi connectivity index (χ2n) is 9.15. The lowest BCUT2D eigenvalue weighted by molar-refractivity contribution is 0.0985. The predicted molar refractivity (Wildman–Crippen MR) is 155 cm³/mol. The Morgan fingerprint density at radius 3 is 2.18 bits per heavy atom. The lowest BCUT2D eigenvalue weighted by atomic mass is 10.1. The zero-order valence-electron chi connectivity index (χ0n) is 22.1. The number of anilines is 1. The Bertz CT molecular complexity index is 1670. The molecule has 0 saturated carbocycles. The van der Waals surface area contributed by atoms with Crippen LogP contribution in [0.25, 0.3) is 10.2 Å². The van der Waals surface area contributed by atoms with Crippen molar-refractivity contribution < 1.29 is 21.6 Å². The fourth-order valence-corrected chi connectivity index (χ4v) is 7.30. The van der Waals surface area contributed by atoms with Crippen LogP contribution >= 0.6 is 11.3 Å². The summed E-state index contributed by atoms with van der Waals surface area (Å²) in [5.41, 5.74) is 1.79. The van der Waals surface area contributed by atoms with Gasteiger partial charge in [0.2, 0.25) is 10.0 Å².